The Kier molecular flexibility index (Phi) is 8.76. The van der Waals surface area contributed by atoms with Crippen molar-refractivity contribution in [2.24, 2.45) is 0 Å². The van der Waals surface area contributed by atoms with E-state index in [1.165, 1.54) is 0 Å². The molecule has 0 saturated heterocycles. The molecule has 0 fully saturated rings. The van der Waals surface area contributed by atoms with Crippen molar-refractivity contribution in [1.29, 1.82) is 0 Å². The molecule has 5 heteroatoms. The zero-order chi connectivity index (χ0) is 21.9. The van der Waals surface area contributed by atoms with Crippen LogP contribution in [0.1, 0.15) is 19.8 Å². The molecule has 0 spiro atoms. The van der Waals surface area contributed by atoms with E-state index in [4.69, 9.17) is 24.4 Å². The summed E-state index contributed by atoms with van der Waals surface area (Å²) >= 11 is 0. The molecular formula is C26H30O5. The predicted molar refractivity (Wildman–Crippen MR) is 123 cm³/mol. The number of hydrogen-bond acceptors (Lipinski definition) is 5. The van der Waals surface area contributed by atoms with E-state index >= 15 is 0 Å². The summed E-state index contributed by atoms with van der Waals surface area (Å²) in [7, 11) is 0. The van der Waals surface area contributed by atoms with E-state index in [1.54, 1.807) is 6.07 Å². The van der Waals surface area contributed by atoms with E-state index in [1.807, 2.05) is 36.4 Å². The van der Waals surface area contributed by atoms with E-state index in [2.05, 4.69) is 31.2 Å². The maximum Gasteiger partial charge on any atom is 0.123 e. The molecule has 0 aliphatic carbocycles. The molecule has 0 aliphatic rings. The quantitative estimate of drug-likeness (QED) is 0.405. The van der Waals surface area contributed by atoms with Crippen molar-refractivity contribution in [2.45, 2.75) is 19.8 Å². The molecule has 0 atom stereocenters. The minimum absolute atomic E-state index is 0.0648. The molecule has 31 heavy (non-hydrogen) atoms. The fraction of sp³-hybridized carbons (Fsp3) is 0.308. The summed E-state index contributed by atoms with van der Waals surface area (Å²) in [5.41, 5.74) is 4.15. The second-order valence-corrected chi connectivity index (χ2v) is 7.14. The van der Waals surface area contributed by atoms with Gasteiger partial charge >= 0.3 is 0 Å². The Balaban J connectivity index is 1.84. The average molecular weight is 423 g/mol. The van der Waals surface area contributed by atoms with Gasteiger partial charge < -0.3 is 24.4 Å². The average Bonchev–Trinajstić information content (AvgIpc) is 2.82. The van der Waals surface area contributed by atoms with E-state index in [-0.39, 0.29) is 26.4 Å². The monoisotopic (exact) mass is 422 g/mol. The molecule has 0 aromatic heterocycles. The van der Waals surface area contributed by atoms with Crippen LogP contribution in [0.3, 0.4) is 0 Å². The smallest absolute Gasteiger partial charge is 0.123 e. The highest BCUT2D eigenvalue weighted by Gasteiger charge is 2.08. The summed E-state index contributed by atoms with van der Waals surface area (Å²) in [5.74, 6) is 2.10. The van der Waals surface area contributed by atoms with Crippen LogP contribution >= 0.6 is 0 Å². The Bertz CT molecular complexity index is 911. The van der Waals surface area contributed by atoms with Gasteiger partial charge in [0.25, 0.3) is 0 Å². The van der Waals surface area contributed by atoms with Crippen LogP contribution in [0, 0.1) is 0 Å². The van der Waals surface area contributed by atoms with Crippen LogP contribution in [0.2, 0.25) is 0 Å². The minimum Gasteiger partial charge on any atom is -0.494 e. The first-order valence-corrected chi connectivity index (χ1v) is 10.7. The maximum absolute atomic E-state index is 9.07. The molecule has 3 aromatic carbocycles. The van der Waals surface area contributed by atoms with Gasteiger partial charge in [0.05, 0.1) is 19.8 Å². The minimum atomic E-state index is -0.0648. The predicted octanol–water partition coefficient (Wildman–Crippen LogP) is 4.94. The molecule has 0 unspecified atom stereocenters. The summed E-state index contributed by atoms with van der Waals surface area (Å²) in [4.78, 5) is 0. The lowest BCUT2D eigenvalue weighted by Gasteiger charge is -2.13. The number of unbranched alkanes of at least 4 members (excludes halogenated alkanes) is 1. The number of hydrogen-bond donors (Lipinski definition) is 2. The van der Waals surface area contributed by atoms with E-state index in [0.717, 1.165) is 47.5 Å². The second-order valence-electron chi connectivity index (χ2n) is 7.14. The lowest BCUT2D eigenvalue weighted by molar-refractivity contribution is 0.195. The van der Waals surface area contributed by atoms with Gasteiger partial charge in [-0.3, -0.25) is 0 Å². The van der Waals surface area contributed by atoms with Gasteiger partial charge in [0.15, 0.2) is 0 Å². The lowest BCUT2D eigenvalue weighted by atomic mass is 9.98. The van der Waals surface area contributed by atoms with Crippen molar-refractivity contribution < 1.29 is 24.4 Å². The number of benzene rings is 3. The summed E-state index contributed by atoms with van der Waals surface area (Å²) in [6, 6.07) is 22.0. The summed E-state index contributed by atoms with van der Waals surface area (Å²) in [6.07, 6.45) is 2.17. The first-order valence-electron chi connectivity index (χ1n) is 10.7. The standard InChI is InChI=1S/C26H30O5/c1-2-3-13-29-24-9-7-20(8-10-24)21-5-4-6-22(16-21)23-17-25(30-14-11-27)19-26(18-23)31-15-12-28/h4-10,16-19,27-28H,2-3,11-15H2,1H3. The molecule has 164 valence electrons. The largest absolute Gasteiger partial charge is 0.494 e. The topological polar surface area (TPSA) is 68.2 Å². The molecule has 0 saturated carbocycles. The number of rotatable bonds is 12. The molecule has 2 N–H and O–H groups in total. The van der Waals surface area contributed by atoms with Crippen molar-refractivity contribution in [2.75, 3.05) is 33.0 Å². The molecule has 0 bridgehead atoms. The number of aliphatic hydroxyl groups is 2. The maximum atomic E-state index is 9.07. The molecule has 0 radical (unpaired) electrons. The van der Waals surface area contributed by atoms with Gasteiger partial charge in [-0.25, -0.2) is 0 Å². The van der Waals surface area contributed by atoms with Gasteiger partial charge in [-0.1, -0.05) is 43.7 Å². The van der Waals surface area contributed by atoms with Gasteiger partial charge in [-0.2, -0.15) is 0 Å². The normalized spacial score (nSPS) is 10.7. The van der Waals surface area contributed by atoms with E-state index < -0.39 is 0 Å². The fourth-order valence-corrected chi connectivity index (χ4v) is 3.19. The van der Waals surface area contributed by atoms with Gasteiger partial charge in [0, 0.05) is 6.07 Å². The Morgan fingerprint density at radius 3 is 1.74 bits per heavy atom. The third kappa shape index (κ3) is 6.74. The Morgan fingerprint density at radius 2 is 1.16 bits per heavy atom. The highest BCUT2D eigenvalue weighted by atomic mass is 16.5. The van der Waals surface area contributed by atoms with Crippen LogP contribution in [-0.4, -0.2) is 43.2 Å². The fourth-order valence-electron chi connectivity index (χ4n) is 3.19. The van der Waals surface area contributed by atoms with Crippen LogP contribution in [0.4, 0.5) is 0 Å². The summed E-state index contributed by atoms with van der Waals surface area (Å²) in [5, 5.41) is 18.1. The van der Waals surface area contributed by atoms with Gasteiger partial charge in [0.1, 0.15) is 30.5 Å². The molecule has 0 amide bonds. The number of aliphatic hydroxyl groups excluding tert-OH is 2. The van der Waals surface area contributed by atoms with Crippen molar-refractivity contribution >= 4 is 0 Å². The van der Waals surface area contributed by atoms with Crippen LogP contribution < -0.4 is 14.2 Å². The second kappa shape index (κ2) is 12.0. The molecular weight excluding hydrogens is 392 g/mol. The van der Waals surface area contributed by atoms with Crippen molar-refractivity contribution in [3.63, 3.8) is 0 Å². The highest BCUT2D eigenvalue weighted by Crippen LogP contribution is 2.33. The van der Waals surface area contributed by atoms with Gasteiger partial charge in [-0.15, -0.1) is 0 Å². The van der Waals surface area contributed by atoms with Crippen molar-refractivity contribution in [3.05, 3.63) is 66.7 Å². The lowest BCUT2D eigenvalue weighted by Crippen LogP contribution is -2.04. The molecule has 5 nitrogen and oxygen atoms in total. The SMILES string of the molecule is CCCCOc1ccc(-c2cccc(-c3cc(OCCO)cc(OCCO)c3)c2)cc1. The summed E-state index contributed by atoms with van der Waals surface area (Å²) < 4.78 is 17.0. The zero-order valence-corrected chi connectivity index (χ0v) is 17.9. The van der Waals surface area contributed by atoms with Gasteiger partial charge in [-0.05, 0) is 59.0 Å². The molecule has 3 rings (SSSR count). The van der Waals surface area contributed by atoms with Crippen LogP contribution in [-0.2, 0) is 0 Å². The summed E-state index contributed by atoms with van der Waals surface area (Å²) in [6.45, 7) is 3.16. The Hall–Kier alpha value is -3.02. The number of ether oxygens (including phenoxy) is 3. The van der Waals surface area contributed by atoms with Crippen molar-refractivity contribution in [3.8, 4) is 39.5 Å². The van der Waals surface area contributed by atoms with Crippen LogP contribution in [0.15, 0.2) is 66.7 Å². The van der Waals surface area contributed by atoms with E-state index in [0.29, 0.717) is 11.5 Å². The molecule has 0 aliphatic heterocycles. The van der Waals surface area contributed by atoms with Crippen LogP contribution in [0.25, 0.3) is 22.3 Å². The first kappa shape index (κ1) is 22.7. The van der Waals surface area contributed by atoms with E-state index in [9.17, 15) is 0 Å². The third-order valence-electron chi connectivity index (χ3n) is 4.75. The zero-order valence-electron chi connectivity index (χ0n) is 17.9. The first-order chi connectivity index (χ1) is 15.2. The Labute approximate surface area is 183 Å². The van der Waals surface area contributed by atoms with Gasteiger partial charge in [0.2, 0.25) is 0 Å². The molecule has 3 aromatic rings. The third-order valence-corrected chi connectivity index (χ3v) is 4.75. The molecule has 0 heterocycles. The van der Waals surface area contributed by atoms with Crippen molar-refractivity contribution in [1.82, 2.24) is 0 Å². The van der Waals surface area contributed by atoms with Crippen LogP contribution in [0.5, 0.6) is 17.2 Å². The Morgan fingerprint density at radius 1 is 0.581 bits per heavy atom. The highest BCUT2D eigenvalue weighted by molar-refractivity contribution is 5.74.